The van der Waals surface area contributed by atoms with Gasteiger partial charge in [0.2, 0.25) is 0 Å². The second-order valence-corrected chi connectivity index (χ2v) is 5.41. The Bertz CT molecular complexity index is 661. The van der Waals surface area contributed by atoms with E-state index in [1.165, 1.54) is 12.1 Å². The van der Waals surface area contributed by atoms with Crippen molar-refractivity contribution in [3.63, 3.8) is 0 Å². The van der Waals surface area contributed by atoms with Gasteiger partial charge in [0.05, 0.1) is 6.61 Å². The molecular formula is C16H17FN2O3. The van der Waals surface area contributed by atoms with Crippen molar-refractivity contribution < 1.29 is 18.4 Å². The summed E-state index contributed by atoms with van der Waals surface area (Å²) < 4.78 is 23.5. The van der Waals surface area contributed by atoms with Crippen LogP contribution in [-0.2, 0) is 4.74 Å². The van der Waals surface area contributed by atoms with Gasteiger partial charge in [0, 0.05) is 24.6 Å². The predicted octanol–water partition coefficient (Wildman–Crippen LogP) is 2.56. The summed E-state index contributed by atoms with van der Waals surface area (Å²) in [5, 5.41) is 6.83. The maximum absolute atomic E-state index is 13.0. The Morgan fingerprint density at radius 3 is 2.86 bits per heavy atom. The minimum absolute atomic E-state index is 0.232. The molecule has 2 heterocycles. The van der Waals surface area contributed by atoms with Gasteiger partial charge >= 0.3 is 0 Å². The second kappa shape index (κ2) is 6.27. The number of benzene rings is 1. The van der Waals surface area contributed by atoms with Gasteiger partial charge in [-0.25, -0.2) is 4.39 Å². The molecule has 22 heavy (non-hydrogen) atoms. The van der Waals surface area contributed by atoms with Crippen LogP contribution in [0.3, 0.4) is 0 Å². The van der Waals surface area contributed by atoms with Gasteiger partial charge in [0.25, 0.3) is 5.91 Å². The van der Waals surface area contributed by atoms with E-state index in [4.69, 9.17) is 9.26 Å². The van der Waals surface area contributed by atoms with Crippen LogP contribution in [0.5, 0.6) is 0 Å². The summed E-state index contributed by atoms with van der Waals surface area (Å²) in [6.45, 7) is 3.67. The monoisotopic (exact) mass is 304 g/mol. The molecule has 1 atom stereocenters. The van der Waals surface area contributed by atoms with E-state index in [1.54, 1.807) is 19.1 Å². The van der Waals surface area contributed by atoms with E-state index in [1.807, 2.05) is 0 Å². The van der Waals surface area contributed by atoms with Gasteiger partial charge in [0.1, 0.15) is 22.8 Å². The average Bonchev–Trinajstić information content (AvgIpc) is 3.15. The van der Waals surface area contributed by atoms with Crippen LogP contribution in [0.2, 0.25) is 0 Å². The molecule has 0 radical (unpaired) electrons. The Labute approximate surface area is 127 Å². The SMILES string of the molecule is Cc1onc(-c2ccc(F)cc2)c1C(=O)NC[C@H]1CCOC1. The molecule has 0 saturated carbocycles. The van der Waals surface area contributed by atoms with Gasteiger partial charge < -0.3 is 14.6 Å². The standard InChI is InChI=1S/C16H17FN2O3/c1-10-14(16(20)18-8-11-6-7-21-9-11)15(19-22-10)12-2-4-13(17)5-3-12/h2-5,11H,6-9H2,1H3,(H,18,20)/t11-/m1/s1. The van der Waals surface area contributed by atoms with E-state index in [-0.39, 0.29) is 11.7 Å². The summed E-state index contributed by atoms with van der Waals surface area (Å²) in [6, 6.07) is 5.82. The molecule has 1 aliphatic heterocycles. The number of rotatable bonds is 4. The smallest absolute Gasteiger partial charge is 0.257 e. The summed E-state index contributed by atoms with van der Waals surface area (Å²) in [5.41, 5.74) is 1.47. The first kappa shape index (κ1) is 14.7. The summed E-state index contributed by atoms with van der Waals surface area (Å²) in [6.07, 6.45) is 0.952. The van der Waals surface area contributed by atoms with Gasteiger partial charge in [-0.15, -0.1) is 0 Å². The molecule has 3 rings (SSSR count). The normalized spacial score (nSPS) is 17.6. The lowest BCUT2D eigenvalue weighted by atomic mass is 10.0. The van der Waals surface area contributed by atoms with Crippen LogP contribution in [0.1, 0.15) is 22.5 Å². The van der Waals surface area contributed by atoms with Crippen molar-refractivity contribution in [3.8, 4) is 11.3 Å². The van der Waals surface area contributed by atoms with Gasteiger partial charge in [-0.05, 0) is 37.6 Å². The fourth-order valence-electron chi connectivity index (χ4n) is 2.51. The predicted molar refractivity (Wildman–Crippen MR) is 77.9 cm³/mol. The van der Waals surface area contributed by atoms with Crippen LogP contribution >= 0.6 is 0 Å². The highest BCUT2D eigenvalue weighted by atomic mass is 19.1. The van der Waals surface area contributed by atoms with Crippen molar-refractivity contribution in [3.05, 3.63) is 41.4 Å². The van der Waals surface area contributed by atoms with Crippen LogP contribution in [-0.4, -0.2) is 30.8 Å². The van der Waals surface area contributed by atoms with Gasteiger partial charge in [0.15, 0.2) is 0 Å². The number of carbonyl (C=O) groups is 1. The molecule has 1 fully saturated rings. The molecule has 116 valence electrons. The number of aryl methyl sites for hydroxylation is 1. The first-order chi connectivity index (χ1) is 10.6. The molecule has 0 aliphatic carbocycles. The maximum atomic E-state index is 13.0. The minimum Gasteiger partial charge on any atom is -0.381 e. The Kier molecular flexibility index (Phi) is 4.20. The first-order valence-corrected chi connectivity index (χ1v) is 7.23. The molecular weight excluding hydrogens is 287 g/mol. The third-order valence-corrected chi connectivity index (χ3v) is 3.78. The molecule has 1 saturated heterocycles. The Morgan fingerprint density at radius 2 is 2.18 bits per heavy atom. The first-order valence-electron chi connectivity index (χ1n) is 7.23. The molecule has 1 aromatic heterocycles. The molecule has 0 bridgehead atoms. The number of hydrogen-bond acceptors (Lipinski definition) is 4. The second-order valence-electron chi connectivity index (χ2n) is 5.41. The van der Waals surface area contributed by atoms with E-state index in [2.05, 4.69) is 10.5 Å². The number of carbonyl (C=O) groups excluding carboxylic acids is 1. The molecule has 1 aromatic carbocycles. The fourth-order valence-corrected chi connectivity index (χ4v) is 2.51. The molecule has 0 spiro atoms. The summed E-state index contributed by atoms with van der Waals surface area (Å²) in [7, 11) is 0. The molecule has 5 nitrogen and oxygen atoms in total. The van der Waals surface area contributed by atoms with Crippen LogP contribution in [0, 0.1) is 18.7 Å². The third kappa shape index (κ3) is 3.01. The number of ether oxygens (including phenoxy) is 1. The maximum Gasteiger partial charge on any atom is 0.257 e. The number of nitrogens with one attached hydrogen (secondary N) is 1. The van der Waals surface area contributed by atoms with Crippen molar-refractivity contribution in [2.75, 3.05) is 19.8 Å². The average molecular weight is 304 g/mol. The Balaban J connectivity index is 1.79. The molecule has 1 amide bonds. The van der Waals surface area contributed by atoms with Gasteiger partial charge in [-0.2, -0.15) is 0 Å². The fraction of sp³-hybridized carbons (Fsp3) is 0.375. The molecule has 2 aromatic rings. The lowest BCUT2D eigenvalue weighted by Gasteiger charge is -2.09. The highest BCUT2D eigenvalue weighted by Gasteiger charge is 2.23. The summed E-state index contributed by atoms with van der Waals surface area (Å²) in [4.78, 5) is 12.4. The lowest BCUT2D eigenvalue weighted by molar-refractivity contribution is 0.0944. The van der Waals surface area contributed by atoms with E-state index < -0.39 is 0 Å². The number of halogens is 1. The zero-order valence-electron chi connectivity index (χ0n) is 12.3. The molecule has 0 unspecified atom stereocenters. The number of nitrogens with zero attached hydrogens (tertiary/aromatic N) is 1. The topological polar surface area (TPSA) is 64.4 Å². The van der Waals surface area contributed by atoms with E-state index >= 15 is 0 Å². The third-order valence-electron chi connectivity index (χ3n) is 3.78. The highest BCUT2D eigenvalue weighted by Crippen LogP contribution is 2.25. The zero-order chi connectivity index (χ0) is 15.5. The zero-order valence-corrected chi connectivity index (χ0v) is 12.3. The largest absolute Gasteiger partial charge is 0.381 e. The van der Waals surface area contributed by atoms with Crippen LogP contribution < -0.4 is 5.32 Å². The van der Waals surface area contributed by atoms with E-state index in [0.717, 1.165) is 13.0 Å². The summed E-state index contributed by atoms with van der Waals surface area (Å²) in [5.74, 6) is 0.221. The van der Waals surface area contributed by atoms with E-state index in [9.17, 15) is 9.18 Å². The van der Waals surface area contributed by atoms with Crippen molar-refractivity contribution in [2.24, 2.45) is 5.92 Å². The van der Waals surface area contributed by atoms with Gasteiger partial charge in [-0.1, -0.05) is 5.16 Å². The lowest BCUT2D eigenvalue weighted by Crippen LogP contribution is -2.30. The Hall–Kier alpha value is -2.21. The Morgan fingerprint density at radius 1 is 1.41 bits per heavy atom. The van der Waals surface area contributed by atoms with Crippen molar-refractivity contribution >= 4 is 5.91 Å². The quantitative estimate of drug-likeness (QED) is 0.943. The van der Waals surface area contributed by atoms with Crippen LogP contribution in [0.4, 0.5) is 4.39 Å². The molecule has 1 N–H and O–H groups in total. The number of amides is 1. The van der Waals surface area contributed by atoms with E-state index in [0.29, 0.717) is 41.7 Å². The van der Waals surface area contributed by atoms with Gasteiger partial charge in [-0.3, -0.25) is 4.79 Å². The number of aromatic nitrogens is 1. The minimum atomic E-state index is -0.337. The highest BCUT2D eigenvalue weighted by molar-refractivity contribution is 6.00. The van der Waals surface area contributed by atoms with Crippen molar-refractivity contribution in [1.82, 2.24) is 10.5 Å². The summed E-state index contributed by atoms with van der Waals surface area (Å²) >= 11 is 0. The number of hydrogen-bond donors (Lipinski definition) is 1. The van der Waals surface area contributed by atoms with Crippen LogP contribution in [0.15, 0.2) is 28.8 Å². The van der Waals surface area contributed by atoms with Crippen molar-refractivity contribution in [1.29, 1.82) is 0 Å². The molecule has 6 heteroatoms. The van der Waals surface area contributed by atoms with Crippen molar-refractivity contribution in [2.45, 2.75) is 13.3 Å². The van der Waals surface area contributed by atoms with Crippen LogP contribution in [0.25, 0.3) is 11.3 Å². The molecule has 1 aliphatic rings.